The first-order valence-electron chi connectivity index (χ1n) is 11.9. The van der Waals surface area contributed by atoms with Gasteiger partial charge < -0.3 is 5.32 Å². The molecule has 1 unspecified atom stereocenters. The summed E-state index contributed by atoms with van der Waals surface area (Å²) in [5, 5.41) is 4.10. The number of amides is 2. The fraction of sp³-hybridized carbons (Fsp3) is 0.370. The molecule has 2 heterocycles. The molecule has 38 heavy (non-hydrogen) atoms. The fourth-order valence-corrected chi connectivity index (χ4v) is 5.04. The van der Waals surface area contributed by atoms with Crippen LogP contribution >= 0.6 is 23.2 Å². The SMILES string of the molecule is CC(C)=CCN1OC[C@@H](NC(=O)c2ccc(C3=NCC(c4cc(Cl)cc(Cl)c4)(C(F)(F)F)C3)cc2C)C1=O. The second-order valence-electron chi connectivity index (χ2n) is 9.71. The average Bonchev–Trinajstić information content (AvgIpc) is 3.42. The summed E-state index contributed by atoms with van der Waals surface area (Å²) in [5.41, 5.74) is 0.295. The monoisotopic (exact) mass is 567 g/mol. The van der Waals surface area contributed by atoms with Crippen molar-refractivity contribution in [3.05, 3.63) is 80.3 Å². The minimum Gasteiger partial charge on any atom is -0.338 e. The molecule has 2 aromatic rings. The summed E-state index contributed by atoms with van der Waals surface area (Å²) in [6.07, 6.45) is -3.16. The summed E-state index contributed by atoms with van der Waals surface area (Å²) in [4.78, 5) is 35.1. The number of benzene rings is 2. The number of allylic oxidation sites excluding steroid dienone is 1. The smallest absolute Gasteiger partial charge is 0.338 e. The standard InChI is InChI=1S/C27H26Cl2F3N3O3/c1-15(2)6-7-35-25(37)23(13-38-35)34-24(36)21-5-4-17(8-16(21)3)22-12-26(14-33-22,27(30,31)32)18-9-19(28)11-20(29)10-18/h4-6,8-11,23H,7,12-14H2,1-3H3,(H,34,36)/t23-,26?/m1/s1. The van der Waals surface area contributed by atoms with Crippen molar-refractivity contribution in [1.82, 2.24) is 10.4 Å². The summed E-state index contributed by atoms with van der Waals surface area (Å²) in [6, 6.07) is 7.80. The highest BCUT2D eigenvalue weighted by atomic mass is 35.5. The number of aryl methyl sites for hydroxylation is 1. The van der Waals surface area contributed by atoms with E-state index in [1.807, 2.05) is 19.9 Å². The summed E-state index contributed by atoms with van der Waals surface area (Å²) < 4.78 is 43.2. The molecule has 0 radical (unpaired) electrons. The third-order valence-electron chi connectivity index (χ3n) is 6.68. The Balaban J connectivity index is 1.50. The minimum atomic E-state index is -4.60. The van der Waals surface area contributed by atoms with Crippen molar-refractivity contribution in [1.29, 1.82) is 0 Å². The zero-order valence-electron chi connectivity index (χ0n) is 21.0. The molecule has 0 bridgehead atoms. The largest absolute Gasteiger partial charge is 0.400 e. The van der Waals surface area contributed by atoms with E-state index in [-0.39, 0.29) is 40.4 Å². The van der Waals surface area contributed by atoms with Crippen LogP contribution in [0.15, 0.2) is 53.0 Å². The summed E-state index contributed by atoms with van der Waals surface area (Å²) in [6.45, 7) is 5.28. The lowest BCUT2D eigenvalue weighted by Gasteiger charge is -2.31. The van der Waals surface area contributed by atoms with Gasteiger partial charge >= 0.3 is 6.18 Å². The Morgan fingerprint density at radius 2 is 1.89 bits per heavy atom. The second-order valence-corrected chi connectivity index (χ2v) is 10.6. The quantitative estimate of drug-likeness (QED) is 0.446. The number of halogens is 5. The van der Waals surface area contributed by atoms with Crippen molar-refractivity contribution < 1.29 is 27.6 Å². The van der Waals surface area contributed by atoms with Crippen LogP contribution in [-0.4, -0.2) is 54.5 Å². The van der Waals surface area contributed by atoms with Gasteiger partial charge in [-0.1, -0.05) is 40.9 Å². The molecule has 1 fully saturated rings. The van der Waals surface area contributed by atoms with Crippen LogP contribution in [0.1, 0.15) is 47.3 Å². The highest BCUT2D eigenvalue weighted by Crippen LogP contribution is 2.48. The number of carbonyl (C=O) groups is 2. The van der Waals surface area contributed by atoms with E-state index < -0.39 is 36.5 Å². The Morgan fingerprint density at radius 1 is 1.21 bits per heavy atom. The van der Waals surface area contributed by atoms with Crippen molar-refractivity contribution in [2.75, 3.05) is 19.7 Å². The van der Waals surface area contributed by atoms with Gasteiger partial charge in [-0.2, -0.15) is 13.2 Å². The number of aliphatic imine (C=N–C) groups is 1. The molecule has 2 aliphatic heterocycles. The van der Waals surface area contributed by atoms with Crippen LogP contribution in [0.5, 0.6) is 0 Å². The summed E-state index contributed by atoms with van der Waals surface area (Å²) in [7, 11) is 0. The van der Waals surface area contributed by atoms with E-state index >= 15 is 0 Å². The summed E-state index contributed by atoms with van der Waals surface area (Å²) in [5.74, 6) is -0.832. The lowest BCUT2D eigenvalue weighted by molar-refractivity contribution is -0.183. The first-order chi connectivity index (χ1) is 17.8. The average molecular weight is 568 g/mol. The van der Waals surface area contributed by atoms with E-state index in [1.54, 1.807) is 19.1 Å². The van der Waals surface area contributed by atoms with Crippen molar-refractivity contribution in [2.24, 2.45) is 4.99 Å². The number of hydrogen-bond acceptors (Lipinski definition) is 4. The van der Waals surface area contributed by atoms with Gasteiger partial charge in [-0.15, -0.1) is 0 Å². The third-order valence-corrected chi connectivity index (χ3v) is 7.12. The first-order valence-corrected chi connectivity index (χ1v) is 12.6. The van der Waals surface area contributed by atoms with Gasteiger partial charge in [-0.05, 0) is 67.8 Å². The number of nitrogens with one attached hydrogen (secondary N) is 1. The van der Waals surface area contributed by atoms with E-state index in [4.69, 9.17) is 28.0 Å². The number of hydroxylamine groups is 2. The molecule has 1 saturated heterocycles. The molecule has 2 aromatic carbocycles. The second kappa shape index (κ2) is 10.7. The molecule has 0 saturated carbocycles. The molecular weight excluding hydrogens is 542 g/mol. The van der Waals surface area contributed by atoms with Crippen LogP contribution < -0.4 is 5.32 Å². The number of hydrogen-bond donors (Lipinski definition) is 1. The van der Waals surface area contributed by atoms with Crippen LogP contribution in [-0.2, 0) is 15.0 Å². The van der Waals surface area contributed by atoms with E-state index in [2.05, 4.69) is 10.3 Å². The van der Waals surface area contributed by atoms with Crippen LogP contribution in [0.3, 0.4) is 0 Å². The maximum atomic E-state index is 14.4. The Labute approximate surface area is 228 Å². The lowest BCUT2D eigenvalue weighted by Crippen LogP contribution is -2.43. The molecule has 202 valence electrons. The molecular formula is C27H26Cl2F3N3O3. The Kier molecular flexibility index (Phi) is 7.93. The number of alkyl halides is 3. The minimum absolute atomic E-state index is 0.0160. The van der Waals surface area contributed by atoms with Gasteiger partial charge in [-0.25, -0.2) is 5.06 Å². The molecule has 11 heteroatoms. The molecule has 2 atom stereocenters. The molecule has 0 aromatic heterocycles. The number of rotatable bonds is 6. The van der Waals surface area contributed by atoms with Gasteiger partial charge in [0.1, 0.15) is 18.1 Å². The highest BCUT2D eigenvalue weighted by Gasteiger charge is 2.58. The van der Waals surface area contributed by atoms with Crippen LogP contribution in [0.4, 0.5) is 13.2 Å². The van der Waals surface area contributed by atoms with Crippen molar-refractivity contribution in [3.8, 4) is 0 Å². The lowest BCUT2D eigenvalue weighted by atomic mass is 9.76. The first kappa shape index (κ1) is 28.1. The molecule has 0 spiro atoms. The van der Waals surface area contributed by atoms with Crippen LogP contribution in [0.25, 0.3) is 0 Å². The van der Waals surface area contributed by atoms with Crippen LogP contribution in [0.2, 0.25) is 10.0 Å². The molecule has 2 amide bonds. The normalized spacial score (nSPS) is 21.5. The zero-order chi connectivity index (χ0) is 27.8. The topological polar surface area (TPSA) is 71.0 Å². The van der Waals surface area contributed by atoms with Crippen LogP contribution in [0, 0.1) is 6.92 Å². The summed E-state index contributed by atoms with van der Waals surface area (Å²) >= 11 is 12.0. The Bertz CT molecular complexity index is 1320. The maximum Gasteiger partial charge on any atom is 0.400 e. The fourth-order valence-electron chi connectivity index (χ4n) is 4.52. The Hall–Kier alpha value is -2.88. The molecule has 4 rings (SSSR count). The highest BCUT2D eigenvalue weighted by molar-refractivity contribution is 6.34. The van der Waals surface area contributed by atoms with Gasteiger partial charge in [0.05, 0.1) is 13.1 Å². The van der Waals surface area contributed by atoms with Crippen molar-refractivity contribution >= 4 is 40.7 Å². The van der Waals surface area contributed by atoms with E-state index in [9.17, 15) is 22.8 Å². The predicted molar refractivity (Wildman–Crippen MR) is 140 cm³/mol. The van der Waals surface area contributed by atoms with E-state index in [0.29, 0.717) is 16.7 Å². The van der Waals surface area contributed by atoms with Gasteiger partial charge in [0, 0.05) is 27.7 Å². The maximum absolute atomic E-state index is 14.4. The molecule has 2 aliphatic rings. The third kappa shape index (κ3) is 5.60. The molecule has 0 aliphatic carbocycles. The molecule has 6 nitrogen and oxygen atoms in total. The zero-order valence-corrected chi connectivity index (χ0v) is 22.5. The number of nitrogens with zero attached hydrogens (tertiary/aromatic N) is 2. The van der Waals surface area contributed by atoms with E-state index in [0.717, 1.165) is 5.57 Å². The predicted octanol–water partition coefficient (Wildman–Crippen LogP) is 5.83. The van der Waals surface area contributed by atoms with Crippen molar-refractivity contribution in [3.63, 3.8) is 0 Å². The van der Waals surface area contributed by atoms with Gasteiger partial charge in [-0.3, -0.25) is 19.4 Å². The van der Waals surface area contributed by atoms with E-state index in [1.165, 1.54) is 29.3 Å². The van der Waals surface area contributed by atoms with Gasteiger partial charge in [0.15, 0.2) is 0 Å². The Morgan fingerprint density at radius 3 is 2.50 bits per heavy atom. The molecule has 1 N–H and O–H groups in total. The van der Waals surface area contributed by atoms with Crippen molar-refractivity contribution in [2.45, 2.75) is 44.8 Å². The van der Waals surface area contributed by atoms with Gasteiger partial charge in [0.25, 0.3) is 11.8 Å². The van der Waals surface area contributed by atoms with Gasteiger partial charge in [0.2, 0.25) is 0 Å². The number of carbonyl (C=O) groups excluding carboxylic acids is 2.